The van der Waals surface area contributed by atoms with Crippen LogP contribution < -0.4 is 10.0 Å². The zero-order valence-corrected chi connectivity index (χ0v) is 10.8. The van der Waals surface area contributed by atoms with Gasteiger partial charge in [0, 0.05) is 18.8 Å². The van der Waals surface area contributed by atoms with Crippen molar-refractivity contribution < 1.29 is 8.42 Å². The van der Waals surface area contributed by atoms with E-state index in [1.54, 1.807) is 12.1 Å². The third-order valence-corrected chi connectivity index (χ3v) is 4.26. The number of hydrogen-bond donors (Lipinski definition) is 2. The molecule has 2 unspecified atom stereocenters. The molecule has 1 fully saturated rings. The molecular weight excluding hydrogens is 238 g/mol. The number of sulfonamides is 1. The van der Waals surface area contributed by atoms with E-state index in [1.807, 2.05) is 13.8 Å². The smallest absolute Gasteiger partial charge is 0.260 e. The maximum absolute atomic E-state index is 12.1. The number of hydrogen-bond acceptors (Lipinski definition) is 4. The quantitative estimate of drug-likeness (QED) is 0.829. The highest BCUT2D eigenvalue weighted by Gasteiger charge is 2.37. The Morgan fingerprint density at radius 2 is 2.24 bits per heavy atom. The zero-order valence-electron chi connectivity index (χ0n) is 9.97. The third-order valence-electron chi connectivity index (χ3n) is 2.81. The molecule has 2 N–H and O–H groups in total. The summed E-state index contributed by atoms with van der Waals surface area (Å²) in [4.78, 5) is 3.96. The zero-order chi connectivity index (χ0) is 12.5. The second kappa shape index (κ2) is 4.62. The Hall–Kier alpha value is -1.14. The Morgan fingerprint density at radius 1 is 1.53 bits per heavy atom. The molecule has 2 rings (SSSR count). The van der Waals surface area contributed by atoms with E-state index in [0.29, 0.717) is 18.2 Å². The number of aromatic nitrogens is 1. The summed E-state index contributed by atoms with van der Waals surface area (Å²) in [6.45, 7) is 4.60. The van der Waals surface area contributed by atoms with Crippen molar-refractivity contribution in [1.29, 1.82) is 0 Å². The van der Waals surface area contributed by atoms with Crippen molar-refractivity contribution in [1.82, 2.24) is 9.71 Å². The predicted octanol–water partition coefficient (Wildman–Crippen LogP) is 1.20. The fraction of sp³-hybridized carbons (Fsp3) is 0.545. The van der Waals surface area contributed by atoms with Crippen molar-refractivity contribution in [2.75, 3.05) is 11.9 Å². The van der Waals surface area contributed by atoms with Gasteiger partial charge in [-0.3, -0.25) is 0 Å². The molecule has 2 atom stereocenters. The molecule has 1 heterocycles. The number of pyridine rings is 1. The number of nitrogens with zero attached hydrogens (tertiary/aromatic N) is 1. The van der Waals surface area contributed by atoms with E-state index >= 15 is 0 Å². The molecule has 0 radical (unpaired) electrons. The molecule has 0 aromatic carbocycles. The van der Waals surface area contributed by atoms with Gasteiger partial charge < -0.3 is 5.32 Å². The van der Waals surface area contributed by atoms with Gasteiger partial charge in [-0.2, -0.15) is 0 Å². The summed E-state index contributed by atoms with van der Waals surface area (Å²) in [6.07, 6.45) is 2.40. The maximum Gasteiger partial charge on any atom is 0.260 e. The summed E-state index contributed by atoms with van der Waals surface area (Å²) in [5, 5.41) is 3.09. The average Bonchev–Trinajstić information content (AvgIpc) is 2.94. The number of anilines is 1. The van der Waals surface area contributed by atoms with E-state index in [0.717, 1.165) is 6.42 Å². The molecule has 1 aliphatic carbocycles. The van der Waals surface area contributed by atoms with Crippen LogP contribution in [0.25, 0.3) is 0 Å². The second-order valence-electron chi connectivity index (χ2n) is 4.33. The molecule has 1 aromatic heterocycles. The molecule has 1 aliphatic rings. The summed E-state index contributed by atoms with van der Waals surface area (Å²) in [5.74, 6) is 0.427. The normalized spacial score (nSPS) is 23.4. The van der Waals surface area contributed by atoms with Gasteiger partial charge in [-0.05, 0) is 31.4 Å². The van der Waals surface area contributed by atoms with E-state index in [1.165, 1.54) is 6.20 Å². The third kappa shape index (κ3) is 2.76. The second-order valence-corrected chi connectivity index (χ2v) is 5.96. The monoisotopic (exact) mass is 255 g/mol. The molecule has 5 nitrogen and oxygen atoms in total. The van der Waals surface area contributed by atoms with Gasteiger partial charge in [-0.1, -0.05) is 6.92 Å². The van der Waals surface area contributed by atoms with Crippen molar-refractivity contribution in [2.24, 2.45) is 5.92 Å². The van der Waals surface area contributed by atoms with Crippen LogP contribution in [-0.4, -0.2) is 26.0 Å². The lowest BCUT2D eigenvalue weighted by Crippen LogP contribution is -2.28. The minimum Gasteiger partial charge on any atom is -0.383 e. The first-order chi connectivity index (χ1) is 8.04. The minimum atomic E-state index is -3.51. The van der Waals surface area contributed by atoms with Crippen LogP contribution in [0.1, 0.15) is 20.3 Å². The van der Waals surface area contributed by atoms with Crippen LogP contribution in [0.2, 0.25) is 0 Å². The summed E-state index contributed by atoms with van der Waals surface area (Å²) in [6, 6.07) is 3.51. The first-order valence-electron chi connectivity index (χ1n) is 5.76. The minimum absolute atomic E-state index is 0.0662. The van der Waals surface area contributed by atoms with E-state index in [-0.39, 0.29) is 11.1 Å². The maximum atomic E-state index is 12.1. The number of nitrogens with one attached hydrogen (secondary N) is 2. The molecule has 6 heteroatoms. The SMILES string of the molecule is CCNc1cccnc1S(=O)(=O)NC1CC1C. The first-order valence-corrected chi connectivity index (χ1v) is 7.24. The topological polar surface area (TPSA) is 71.1 Å². The Balaban J connectivity index is 2.25. The van der Waals surface area contributed by atoms with Crippen LogP contribution in [0, 0.1) is 5.92 Å². The first kappa shape index (κ1) is 12.3. The van der Waals surface area contributed by atoms with Crippen molar-refractivity contribution in [3.8, 4) is 0 Å². The summed E-state index contributed by atoms with van der Waals surface area (Å²) < 4.78 is 26.9. The fourth-order valence-corrected chi connectivity index (χ4v) is 3.14. The van der Waals surface area contributed by atoms with Crippen molar-refractivity contribution >= 4 is 15.7 Å². The molecule has 0 spiro atoms. The van der Waals surface area contributed by atoms with E-state index in [2.05, 4.69) is 15.0 Å². The van der Waals surface area contributed by atoms with Gasteiger partial charge in [0.05, 0.1) is 5.69 Å². The van der Waals surface area contributed by atoms with Crippen molar-refractivity contribution in [3.05, 3.63) is 18.3 Å². The molecule has 0 bridgehead atoms. The average molecular weight is 255 g/mol. The van der Waals surface area contributed by atoms with Crippen LogP contribution in [-0.2, 0) is 10.0 Å². The summed E-state index contributed by atoms with van der Waals surface area (Å²) in [7, 11) is -3.51. The molecule has 0 saturated heterocycles. The van der Waals surface area contributed by atoms with Gasteiger partial charge in [-0.25, -0.2) is 18.1 Å². The summed E-state index contributed by atoms with van der Waals surface area (Å²) in [5.41, 5.74) is 0.552. The molecule has 1 aromatic rings. The van der Waals surface area contributed by atoms with Crippen LogP contribution >= 0.6 is 0 Å². The van der Waals surface area contributed by atoms with Crippen LogP contribution in [0.5, 0.6) is 0 Å². The molecule has 0 aliphatic heterocycles. The van der Waals surface area contributed by atoms with E-state index in [9.17, 15) is 8.42 Å². The largest absolute Gasteiger partial charge is 0.383 e. The van der Waals surface area contributed by atoms with Gasteiger partial charge in [0.15, 0.2) is 5.03 Å². The molecule has 1 saturated carbocycles. The Morgan fingerprint density at radius 3 is 2.82 bits per heavy atom. The van der Waals surface area contributed by atoms with Crippen LogP contribution in [0.4, 0.5) is 5.69 Å². The lowest BCUT2D eigenvalue weighted by Gasteiger charge is -2.10. The Labute approximate surface area is 102 Å². The van der Waals surface area contributed by atoms with E-state index in [4.69, 9.17) is 0 Å². The predicted molar refractivity (Wildman–Crippen MR) is 66.3 cm³/mol. The van der Waals surface area contributed by atoms with Gasteiger partial charge in [-0.15, -0.1) is 0 Å². The highest BCUT2D eigenvalue weighted by molar-refractivity contribution is 7.89. The van der Waals surface area contributed by atoms with Crippen LogP contribution in [0.15, 0.2) is 23.4 Å². The standard InChI is InChI=1S/C11H17N3O2S/c1-3-12-9-5-4-6-13-11(9)17(15,16)14-10-7-8(10)2/h4-6,8,10,12,14H,3,7H2,1-2H3. The molecule has 0 amide bonds. The van der Waals surface area contributed by atoms with Gasteiger partial charge in [0.2, 0.25) is 0 Å². The fourth-order valence-electron chi connectivity index (χ4n) is 1.67. The van der Waals surface area contributed by atoms with E-state index < -0.39 is 10.0 Å². The van der Waals surface area contributed by atoms with Crippen LogP contribution in [0.3, 0.4) is 0 Å². The molecule has 17 heavy (non-hydrogen) atoms. The highest BCUT2D eigenvalue weighted by Crippen LogP contribution is 2.31. The number of rotatable bonds is 5. The van der Waals surface area contributed by atoms with Crippen molar-refractivity contribution in [3.63, 3.8) is 0 Å². The lowest BCUT2D eigenvalue weighted by molar-refractivity contribution is 0.575. The van der Waals surface area contributed by atoms with Gasteiger partial charge in [0.25, 0.3) is 10.0 Å². The lowest BCUT2D eigenvalue weighted by atomic mass is 10.4. The Kier molecular flexibility index (Phi) is 3.35. The molecule has 94 valence electrons. The highest BCUT2D eigenvalue weighted by atomic mass is 32.2. The summed E-state index contributed by atoms with van der Waals surface area (Å²) >= 11 is 0. The van der Waals surface area contributed by atoms with Crippen molar-refractivity contribution in [2.45, 2.75) is 31.3 Å². The van der Waals surface area contributed by atoms with Gasteiger partial charge in [0.1, 0.15) is 0 Å². The molecular formula is C11H17N3O2S. The Bertz CT molecular complexity index is 501. The van der Waals surface area contributed by atoms with Gasteiger partial charge >= 0.3 is 0 Å².